The summed E-state index contributed by atoms with van der Waals surface area (Å²) in [4.78, 5) is 12.1. The first-order chi connectivity index (χ1) is 14.5. The fourth-order valence-electron chi connectivity index (χ4n) is 5.30. The number of allylic oxidation sites excluding steroid dienone is 4. The Hall–Kier alpha value is -1.69. The van der Waals surface area contributed by atoms with Crippen molar-refractivity contribution in [3.05, 3.63) is 47.3 Å². The quantitative estimate of drug-likeness (QED) is 0.227. The average molecular weight is 431 g/mol. The van der Waals surface area contributed by atoms with Crippen LogP contribution in [0.5, 0.6) is 0 Å². The Kier molecular flexibility index (Phi) is 6.99. The first-order valence-corrected chi connectivity index (χ1v) is 11.3. The first-order valence-electron chi connectivity index (χ1n) is 11.3. The second-order valence-corrected chi connectivity index (χ2v) is 10.1. The van der Waals surface area contributed by atoms with Crippen LogP contribution in [0.15, 0.2) is 47.3 Å². The number of carbonyl (C=O) groups excluding carboxylic acids is 1. The molecule has 1 spiro atoms. The van der Waals surface area contributed by atoms with Crippen molar-refractivity contribution in [2.75, 3.05) is 13.7 Å². The smallest absolute Gasteiger partial charge is 0.335 e. The molecule has 0 aromatic carbocycles. The van der Waals surface area contributed by atoms with Crippen LogP contribution >= 0.6 is 0 Å². The van der Waals surface area contributed by atoms with E-state index in [-0.39, 0.29) is 23.4 Å². The maximum atomic E-state index is 12.1. The van der Waals surface area contributed by atoms with Crippen molar-refractivity contribution in [3.63, 3.8) is 0 Å². The summed E-state index contributed by atoms with van der Waals surface area (Å²) in [6.07, 6.45) is 13.2. The van der Waals surface area contributed by atoms with Crippen LogP contribution in [0.2, 0.25) is 0 Å². The lowest BCUT2D eigenvalue weighted by Gasteiger charge is -2.49. The number of hydrogen-bond donors (Lipinski definition) is 0. The molecule has 3 rings (SSSR count). The van der Waals surface area contributed by atoms with Crippen molar-refractivity contribution < 1.29 is 23.7 Å². The summed E-state index contributed by atoms with van der Waals surface area (Å²) in [6.45, 7) is 12.9. The largest absolute Gasteiger partial charge is 0.432 e. The highest BCUT2D eigenvalue weighted by atomic mass is 16.7. The summed E-state index contributed by atoms with van der Waals surface area (Å²) in [5.74, 6) is -1.07. The molecule has 2 fully saturated rings. The maximum Gasteiger partial charge on any atom is 0.335 e. The van der Waals surface area contributed by atoms with Gasteiger partial charge in [-0.25, -0.2) is 4.79 Å². The minimum Gasteiger partial charge on any atom is -0.432 e. The standard InChI is InChI=1S/C26H38O5/c1-18(2)9-8-12-24(5)13-10-20-17-30-22-16-25(6,28-7)31-26(20,22)21(24)11-14-29-23(27)15-19(3)4/h9-11,14-15,21-22H,8,12-13,16-17H2,1-7H3/b14-11-/t21-,22-,24+,25-,26+/m1/s1. The van der Waals surface area contributed by atoms with Crippen molar-refractivity contribution in [3.8, 4) is 0 Å². The third-order valence-corrected chi connectivity index (χ3v) is 6.95. The summed E-state index contributed by atoms with van der Waals surface area (Å²) in [5.41, 5.74) is 2.75. The Morgan fingerprint density at radius 2 is 1.97 bits per heavy atom. The van der Waals surface area contributed by atoms with Crippen molar-refractivity contribution in [1.29, 1.82) is 0 Å². The van der Waals surface area contributed by atoms with Gasteiger partial charge in [-0.05, 0) is 70.9 Å². The highest BCUT2D eigenvalue weighted by molar-refractivity contribution is 5.83. The molecular formula is C26H38O5. The molecule has 0 unspecified atom stereocenters. The zero-order valence-electron chi connectivity index (χ0n) is 20.1. The zero-order chi connectivity index (χ0) is 22.9. The lowest BCUT2D eigenvalue weighted by molar-refractivity contribution is -0.236. The second kappa shape index (κ2) is 9.05. The van der Waals surface area contributed by atoms with Gasteiger partial charge in [-0.3, -0.25) is 0 Å². The lowest BCUT2D eigenvalue weighted by Crippen LogP contribution is -2.53. The van der Waals surface area contributed by atoms with E-state index in [1.807, 2.05) is 26.8 Å². The van der Waals surface area contributed by atoms with Gasteiger partial charge in [-0.2, -0.15) is 0 Å². The van der Waals surface area contributed by atoms with Crippen molar-refractivity contribution >= 4 is 5.97 Å². The van der Waals surface area contributed by atoms with Gasteiger partial charge < -0.3 is 18.9 Å². The SMILES string of the molecule is CO[C@@]1(C)C[C@H]2OCC3=CC[C@](C)(CCC=C(C)C)[C@@H](/C=C\OC(=O)C=C(C)C)[C@@]32O1. The molecule has 2 aliphatic heterocycles. The number of rotatable bonds is 7. The molecule has 2 saturated heterocycles. The topological polar surface area (TPSA) is 54.0 Å². The van der Waals surface area contributed by atoms with Crippen molar-refractivity contribution in [2.45, 2.75) is 84.7 Å². The highest BCUT2D eigenvalue weighted by Gasteiger charge is 2.67. The van der Waals surface area contributed by atoms with Crippen LogP contribution in [0.1, 0.15) is 67.2 Å². The maximum absolute atomic E-state index is 12.1. The monoisotopic (exact) mass is 430 g/mol. The Bertz CT molecular complexity index is 814. The summed E-state index contributed by atoms with van der Waals surface area (Å²) in [6, 6.07) is 0. The predicted octanol–water partition coefficient (Wildman–Crippen LogP) is 5.63. The molecule has 5 heteroatoms. The summed E-state index contributed by atoms with van der Waals surface area (Å²) in [7, 11) is 1.68. The van der Waals surface area contributed by atoms with E-state index >= 15 is 0 Å². The average Bonchev–Trinajstić information content (AvgIpc) is 3.14. The van der Waals surface area contributed by atoms with Crippen LogP contribution in [0.4, 0.5) is 0 Å². The van der Waals surface area contributed by atoms with E-state index in [0.717, 1.165) is 24.8 Å². The van der Waals surface area contributed by atoms with E-state index in [1.54, 1.807) is 13.4 Å². The fraction of sp³-hybridized carbons (Fsp3) is 0.654. The molecule has 3 aliphatic rings. The van der Waals surface area contributed by atoms with Crippen LogP contribution in [-0.2, 0) is 23.7 Å². The molecular weight excluding hydrogens is 392 g/mol. The van der Waals surface area contributed by atoms with E-state index in [9.17, 15) is 4.79 Å². The van der Waals surface area contributed by atoms with E-state index in [2.05, 4.69) is 32.9 Å². The van der Waals surface area contributed by atoms with Crippen molar-refractivity contribution in [2.24, 2.45) is 11.3 Å². The molecule has 0 amide bonds. The molecule has 0 bridgehead atoms. The third kappa shape index (κ3) is 4.74. The Balaban J connectivity index is 1.97. The van der Waals surface area contributed by atoms with E-state index in [4.69, 9.17) is 18.9 Å². The third-order valence-electron chi connectivity index (χ3n) is 6.95. The molecule has 2 heterocycles. The zero-order valence-corrected chi connectivity index (χ0v) is 20.1. The van der Waals surface area contributed by atoms with Gasteiger partial charge in [-0.15, -0.1) is 0 Å². The molecule has 0 radical (unpaired) electrons. The molecule has 5 atom stereocenters. The summed E-state index contributed by atoms with van der Waals surface area (Å²) >= 11 is 0. The van der Waals surface area contributed by atoms with Gasteiger partial charge in [0.05, 0.1) is 19.0 Å². The number of hydrogen-bond acceptors (Lipinski definition) is 5. The van der Waals surface area contributed by atoms with Crippen LogP contribution < -0.4 is 0 Å². The van der Waals surface area contributed by atoms with Crippen LogP contribution in [0.3, 0.4) is 0 Å². The molecule has 0 aromatic rings. The van der Waals surface area contributed by atoms with E-state index in [1.165, 1.54) is 17.2 Å². The van der Waals surface area contributed by atoms with Gasteiger partial charge in [-0.1, -0.05) is 30.2 Å². The van der Waals surface area contributed by atoms with Gasteiger partial charge in [0.2, 0.25) is 0 Å². The predicted molar refractivity (Wildman–Crippen MR) is 121 cm³/mol. The van der Waals surface area contributed by atoms with Crippen LogP contribution in [0.25, 0.3) is 0 Å². The van der Waals surface area contributed by atoms with Gasteiger partial charge in [0.15, 0.2) is 5.79 Å². The normalized spacial score (nSPS) is 36.5. The second-order valence-electron chi connectivity index (χ2n) is 10.1. The molecule has 0 N–H and O–H groups in total. The van der Waals surface area contributed by atoms with Gasteiger partial charge >= 0.3 is 5.97 Å². The minimum atomic E-state index is -0.701. The minimum absolute atomic E-state index is 0.00506. The Labute approximate surface area is 187 Å². The lowest BCUT2D eigenvalue weighted by atomic mass is 9.58. The van der Waals surface area contributed by atoms with Crippen molar-refractivity contribution in [1.82, 2.24) is 0 Å². The molecule has 0 aromatic heterocycles. The molecule has 5 nitrogen and oxygen atoms in total. The highest BCUT2D eigenvalue weighted by Crippen LogP contribution is 2.61. The van der Waals surface area contributed by atoms with Gasteiger partial charge in [0.1, 0.15) is 5.60 Å². The van der Waals surface area contributed by atoms with Crippen LogP contribution in [-0.4, -0.2) is 37.2 Å². The fourth-order valence-corrected chi connectivity index (χ4v) is 5.30. The molecule has 0 saturated carbocycles. The molecule has 31 heavy (non-hydrogen) atoms. The number of ether oxygens (including phenoxy) is 4. The van der Waals surface area contributed by atoms with Gasteiger partial charge in [0.25, 0.3) is 0 Å². The molecule has 172 valence electrons. The number of methoxy groups -OCH3 is 1. The van der Waals surface area contributed by atoms with Crippen LogP contribution in [0, 0.1) is 11.3 Å². The Morgan fingerprint density at radius 3 is 2.61 bits per heavy atom. The molecule has 1 aliphatic carbocycles. The van der Waals surface area contributed by atoms with Gasteiger partial charge in [0, 0.05) is 25.5 Å². The summed E-state index contributed by atoms with van der Waals surface area (Å²) in [5, 5.41) is 0. The van der Waals surface area contributed by atoms with E-state index < -0.39 is 11.4 Å². The van der Waals surface area contributed by atoms with E-state index in [0.29, 0.717) is 13.0 Å². The first kappa shape index (κ1) is 24.0. The number of carbonyl (C=O) groups is 1. The Morgan fingerprint density at radius 1 is 1.23 bits per heavy atom. The summed E-state index contributed by atoms with van der Waals surface area (Å²) < 4.78 is 24.1. The number of esters is 1.